The SMILES string of the molecule is COC(C)C1CCOC(C)=N1. The van der Waals surface area contributed by atoms with E-state index in [9.17, 15) is 0 Å². The largest absolute Gasteiger partial charge is 0.481 e. The third-order valence-corrected chi connectivity index (χ3v) is 1.99. The molecule has 0 spiro atoms. The fourth-order valence-corrected chi connectivity index (χ4v) is 1.16. The third kappa shape index (κ3) is 2.19. The molecule has 2 unspecified atom stereocenters. The van der Waals surface area contributed by atoms with Crippen LogP contribution in [0.2, 0.25) is 0 Å². The number of hydrogen-bond acceptors (Lipinski definition) is 3. The highest BCUT2D eigenvalue weighted by Gasteiger charge is 2.19. The number of ether oxygens (including phenoxy) is 2. The van der Waals surface area contributed by atoms with Crippen molar-refractivity contribution in [1.82, 2.24) is 0 Å². The lowest BCUT2D eigenvalue weighted by molar-refractivity contribution is 0.0801. The van der Waals surface area contributed by atoms with Crippen molar-refractivity contribution in [3.8, 4) is 0 Å². The van der Waals surface area contributed by atoms with E-state index in [-0.39, 0.29) is 12.1 Å². The summed E-state index contributed by atoms with van der Waals surface area (Å²) in [7, 11) is 1.71. The molecule has 1 aliphatic rings. The second-order valence-corrected chi connectivity index (χ2v) is 2.79. The monoisotopic (exact) mass is 157 g/mol. The van der Waals surface area contributed by atoms with Gasteiger partial charge in [0, 0.05) is 20.5 Å². The molecule has 0 saturated heterocycles. The Kier molecular flexibility index (Phi) is 2.88. The van der Waals surface area contributed by atoms with Crippen molar-refractivity contribution >= 4 is 5.90 Å². The molecular weight excluding hydrogens is 142 g/mol. The first-order valence-corrected chi connectivity index (χ1v) is 3.94. The molecule has 1 rings (SSSR count). The highest BCUT2D eigenvalue weighted by atomic mass is 16.5. The van der Waals surface area contributed by atoms with Crippen LogP contribution in [0.5, 0.6) is 0 Å². The lowest BCUT2D eigenvalue weighted by Gasteiger charge is -2.23. The predicted molar refractivity (Wildman–Crippen MR) is 43.9 cm³/mol. The van der Waals surface area contributed by atoms with Gasteiger partial charge in [-0.1, -0.05) is 0 Å². The van der Waals surface area contributed by atoms with Crippen molar-refractivity contribution in [2.24, 2.45) is 4.99 Å². The normalized spacial score (nSPS) is 27.2. The Bertz CT molecular complexity index is 156. The van der Waals surface area contributed by atoms with Crippen LogP contribution in [0, 0.1) is 0 Å². The molecule has 1 aliphatic heterocycles. The highest BCUT2D eigenvalue weighted by molar-refractivity contribution is 5.73. The van der Waals surface area contributed by atoms with Crippen LogP contribution in [0.15, 0.2) is 4.99 Å². The van der Waals surface area contributed by atoms with E-state index >= 15 is 0 Å². The summed E-state index contributed by atoms with van der Waals surface area (Å²) in [4.78, 5) is 4.32. The van der Waals surface area contributed by atoms with Crippen LogP contribution in [0.1, 0.15) is 20.3 Å². The Morgan fingerprint density at radius 3 is 3.00 bits per heavy atom. The second kappa shape index (κ2) is 3.72. The number of hydrogen-bond donors (Lipinski definition) is 0. The number of aliphatic imine (C=N–C) groups is 1. The summed E-state index contributed by atoms with van der Waals surface area (Å²) in [6.07, 6.45) is 1.17. The molecule has 0 amide bonds. The summed E-state index contributed by atoms with van der Waals surface area (Å²) in [5.74, 6) is 0.783. The van der Waals surface area contributed by atoms with E-state index in [0.717, 1.165) is 18.9 Å². The zero-order valence-corrected chi connectivity index (χ0v) is 7.33. The second-order valence-electron chi connectivity index (χ2n) is 2.79. The molecule has 0 saturated carbocycles. The van der Waals surface area contributed by atoms with Gasteiger partial charge in [-0.05, 0) is 6.92 Å². The molecule has 0 aromatic rings. The van der Waals surface area contributed by atoms with Gasteiger partial charge < -0.3 is 9.47 Å². The first kappa shape index (κ1) is 8.53. The minimum absolute atomic E-state index is 0.203. The zero-order valence-electron chi connectivity index (χ0n) is 7.33. The maximum atomic E-state index is 5.20. The molecule has 0 aromatic carbocycles. The highest BCUT2D eigenvalue weighted by Crippen LogP contribution is 2.12. The van der Waals surface area contributed by atoms with Gasteiger partial charge >= 0.3 is 0 Å². The minimum Gasteiger partial charge on any atom is -0.481 e. The minimum atomic E-state index is 0.203. The Hall–Kier alpha value is -0.570. The molecule has 0 radical (unpaired) electrons. The quantitative estimate of drug-likeness (QED) is 0.603. The number of methoxy groups -OCH3 is 1. The van der Waals surface area contributed by atoms with Gasteiger partial charge in [0.15, 0.2) is 5.90 Å². The van der Waals surface area contributed by atoms with Crippen LogP contribution in [0.25, 0.3) is 0 Å². The summed E-state index contributed by atoms with van der Waals surface area (Å²) < 4.78 is 10.4. The Morgan fingerprint density at radius 2 is 2.45 bits per heavy atom. The molecule has 64 valence electrons. The molecule has 11 heavy (non-hydrogen) atoms. The van der Waals surface area contributed by atoms with Crippen molar-refractivity contribution in [1.29, 1.82) is 0 Å². The lowest BCUT2D eigenvalue weighted by atomic mass is 10.1. The molecule has 2 atom stereocenters. The Labute approximate surface area is 67.4 Å². The number of nitrogens with zero attached hydrogens (tertiary/aromatic N) is 1. The van der Waals surface area contributed by atoms with Gasteiger partial charge in [-0.2, -0.15) is 0 Å². The van der Waals surface area contributed by atoms with Crippen molar-refractivity contribution in [2.45, 2.75) is 32.4 Å². The molecule has 0 aliphatic carbocycles. The van der Waals surface area contributed by atoms with Gasteiger partial charge in [0.2, 0.25) is 0 Å². The topological polar surface area (TPSA) is 30.8 Å². The zero-order chi connectivity index (χ0) is 8.27. The summed E-state index contributed by atoms with van der Waals surface area (Å²) in [5, 5.41) is 0. The van der Waals surface area contributed by atoms with Crippen LogP contribution in [-0.4, -0.2) is 31.8 Å². The van der Waals surface area contributed by atoms with E-state index in [1.165, 1.54) is 0 Å². The van der Waals surface area contributed by atoms with E-state index in [4.69, 9.17) is 9.47 Å². The molecule has 0 N–H and O–H groups in total. The number of rotatable bonds is 2. The van der Waals surface area contributed by atoms with E-state index in [1.54, 1.807) is 7.11 Å². The molecular formula is C8H15NO2. The van der Waals surface area contributed by atoms with Crippen LogP contribution in [0.3, 0.4) is 0 Å². The summed E-state index contributed by atoms with van der Waals surface area (Å²) >= 11 is 0. The van der Waals surface area contributed by atoms with E-state index in [1.807, 2.05) is 13.8 Å². The fraction of sp³-hybridized carbons (Fsp3) is 0.875. The van der Waals surface area contributed by atoms with Crippen molar-refractivity contribution in [3.05, 3.63) is 0 Å². The van der Waals surface area contributed by atoms with Crippen molar-refractivity contribution < 1.29 is 9.47 Å². The van der Waals surface area contributed by atoms with Gasteiger partial charge in [-0.15, -0.1) is 0 Å². The van der Waals surface area contributed by atoms with Gasteiger partial charge in [0.25, 0.3) is 0 Å². The van der Waals surface area contributed by atoms with Crippen LogP contribution >= 0.6 is 0 Å². The summed E-state index contributed by atoms with van der Waals surface area (Å²) in [6.45, 7) is 4.69. The first-order valence-electron chi connectivity index (χ1n) is 3.94. The third-order valence-electron chi connectivity index (χ3n) is 1.99. The van der Waals surface area contributed by atoms with E-state index < -0.39 is 0 Å². The summed E-state index contributed by atoms with van der Waals surface area (Å²) in [5.41, 5.74) is 0. The standard InChI is InChI=1S/C8H15NO2/c1-6(10-3)8-4-5-11-7(2)9-8/h6,8H,4-5H2,1-3H3. The van der Waals surface area contributed by atoms with Gasteiger partial charge in [-0.3, -0.25) is 0 Å². The summed E-state index contributed by atoms with van der Waals surface area (Å²) in [6, 6.07) is 0.286. The maximum Gasteiger partial charge on any atom is 0.180 e. The molecule has 3 nitrogen and oxygen atoms in total. The van der Waals surface area contributed by atoms with Crippen LogP contribution < -0.4 is 0 Å². The van der Waals surface area contributed by atoms with E-state index in [2.05, 4.69) is 4.99 Å². The smallest absolute Gasteiger partial charge is 0.180 e. The van der Waals surface area contributed by atoms with Crippen LogP contribution in [0.4, 0.5) is 0 Å². The fourth-order valence-electron chi connectivity index (χ4n) is 1.16. The Balaban J connectivity index is 2.51. The molecule has 0 aromatic heterocycles. The van der Waals surface area contributed by atoms with E-state index in [0.29, 0.717) is 0 Å². The first-order chi connectivity index (χ1) is 5.24. The van der Waals surface area contributed by atoms with Gasteiger partial charge in [0.05, 0.1) is 18.8 Å². The van der Waals surface area contributed by atoms with Gasteiger partial charge in [0.1, 0.15) is 0 Å². The lowest BCUT2D eigenvalue weighted by Crippen LogP contribution is -2.29. The van der Waals surface area contributed by atoms with Gasteiger partial charge in [-0.25, -0.2) is 4.99 Å². The van der Waals surface area contributed by atoms with Crippen molar-refractivity contribution in [2.75, 3.05) is 13.7 Å². The molecule has 1 heterocycles. The molecule has 0 fully saturated rings. The molecule has 3 heteroatoms. The average Bonchev–Trinajstić information content (AvgIpc) is 2.03. The Morgan fingerprint density at radius 1 is 1.73 bits per heavy atom. The van der Waals surface area contributed by atoms with Crippen molar-refractivity contribution in [3.63, 3.8) is 0 Å². The van der Waals surface area contributed by atoms with Crippen LogP contribution in [-0.2, 0) is 9.47 Å². The predicted octanol–water partition coefficient (Wildman–Crippen LogP) is 1.23. The molecule has 0 bridgehead atoms. The average molecular weight is 157 g/mol. The maximum absolute atomic E-state index is 5.20.